The van der Waals surface area contributed by atoms with Gasteiger partial charge in [-0.1, -0.05) is 12.1 Å². The fourth-order valence-corrected chi connectivity index (χ4v) is 1.22. The minimum atomic E-state index is -0.947. The van der Waals surface area contributed by atoms with Gasteiger partial charge in [-0.15, -0.1) is 12.4 Å². The number of hydrogen-bond acceptors (Lipinski definition) is 2. The quantitative estimate of drug-likeness (QED) is 0.828. The molecule has 0 aliphatic rings. The predicted molar refractivity (Wildman–Crippen MR) is 57.5 cm³/mol. The first-order valence-electron chi connectivity index (χ1n) is 4.31. The van der Waals surface area contributed by atoms with Crippen molar-refractivity contribution in [1.82, 2.24) is 0 Å². The number of aliphatic carboxylic acids is 1. The first kappa shape index (κ1) is 13.9. The maximum atomic E-state index is 12.7. The molecule has 0 spiro atoms. The van der Waals surface area contributed by atoms with Crippen molar-refractivity contribution in [2.24, 2.45) is 11.7 Å². The lowest BCUT2D eigenvalue weighted by Gasteiger charge is -2.08. The Hall–Kier alpha value is -1.13. The molecule has 1 aromatic carbocycles. The highest BCUT2D eigenvalue weighted by molar-refractivity contribution is 5.85. The summed E-state index contributed by atoms with van der Waals surface area (Å²) in [5, 5.41) is 8.73. The SMILES string of the molecule is Cl.NC[C@H](Cc1cccc(F)c1)C(=O)O. The highest BCUT2D eigenvalue weighted by Gasteiger charge is 2.15. The lowest BCUT2D eigenvalue weighted by atomic mass is 10.00. The maximum absolute atomic E-state index is 12.7. The lowest BCUT2D eigenvalue weighted by molar-refractivity contribution is -0.141. The van der Waals surface area contributed by atoms with E-state index in [9.17, 15) is 9.18 Å². The van der Waals surface area contributed by atoms with Crippen LogP contribution in [0.25, 0.3) is 0 Å². The van der Waals surface area contributed by atoms with E-state index in [2.05, 4.69) is 0 Å². The third-order valence-electron chi connectivity index (χ3n) is 2.00. The molecule has 0 radical (unpaired) electrons. The Morgan fingerprint density at radius 3 is 2.67 bits per heavy atom. The van der Waals surface area contributed by atoms with Crippen molar-refractivity contribution < 1.29 is 14.3 Å². The van der Waals surface area contributed by atoms with Gasteiger partial charge in [0.2, 0.25) is 0 Å². The summed E-state index contributed by atoms with van der Waals surface area (Å²) in [5.74, 6) is -1.95. The molecule has 3 nitrogen and oxygen atoms in total. The topological polar surface area (TPSA) is 63.3 Å². The van der Waals surface area contributed by atoms with E-state index < -0.39 is 11.9 Å². The number of benzene rings is 1. The summed E-state index contributed by atoms with van der Waals surface area (Å²) in [6, 6.07) is 5.89. The van der Waals surface area contributed by atoms with E-state index in [-0.39, 0.29) is 31.2 Å². The lowest BCUT2D eigenvalue weighted by Crippen LogP contribution is -2.25. The molecule has 0 aromatic heterocycles. The molecule has 0 heterocycles. The molecular weight excluding hydrogens is 221 g/mol. The van der Waals surface area contributed by atoms with Gasteiger partial charge in [-0.25, -0.2) is 4.39 Å². The fourth-order valence-electron chi connectivity index (χ4n) is 1.22. The monoisotopic (exact) mass is 233 g/mol. The van der Waals surface area contributed by atoms with Crippen LogP contribution < -0.4 is 5.73 Å². The van der Waals surface area contributed by atoms with Gasteiger partial charge in [0.05, 0.1) is 5.92 Å². The van der Waals surface area contributed by atoms with E-state index in [0.717, 1.165) is 0 Å². The molecule has 15 heavy (non-hydrogen) atoms. The Bertz CT molecular complexity index is 333. The van der Waals surface area contributed by atoms with E-state index in [0.29, 0.717) is 5.56 Å². The molecule has 84 valence electrons. The molecular formula is C10H13ClFNO2. The molecule has 5 heteroatoms. The minimum absolute atomic E-state index is 0. The second kappa shape index (κ2) is 6.37. The smallest absolute Gasteiger partial charge is 0.308 e. The van der Waals surface area contributed by atoms with Crippen LogP contribution in [0, 0.1) is 11.7 Å². The summed E-state index contributed by atoms with van der Waals surface area (Å²) in [5.41, 5.74) is 5.94. The number of nitrogens with two attached hydrogens (primary N) is 1. The fraction of sp³-hybridized carbons (Fsp3) is 0.300. The number of carboxylic acids is 1. The van der Waals surface area contributed by atoms with Crippen molar-refractivity contribution in [3.05, 3.63) is 35.6 Å². The Kier molecular flexibility index (Phi) is 5.89. The van der Waals surface area contributed by atoms with Crippen molar-refractivity contribution in [3.8, 4) is 0 Å². The molecule has 0 unspecified atom stereocenters. The third-order valence-corrected chi connectivity index (χ3v) is 2.00. The van der Waals surface area contributed by atoms with Crippen LogP contribution >= 0.6 is 12.4 Å². The number of carboxylic acid groups (broad SMARTS) is 1. The van der Waals surface area contributed by atoms with Crippen LogP contribution in [-0.4, -0.2) is 17.6 Å². The maximum Gasteiger partial charge on any atom is 0.308 e. The average molecular weight is 234 g/mol. The van der Waals surface area contributed by atoms with Gasteiger partial charge in [0.25, 0.3) is 0 Å². The summed E-state index contributed by atoms with van der Waals surface area (Å²) in [7, 11) is 0. The first-order valence-corrected chi connectivity index (χ1v) is 4.31. The number of carbonyl (C=O) groups is 1. The Morgan fingerprint density at radius 2 is 2.20 bits per heavy atom. The molecule has 1 aromatic rings. The molecule has 0 saturated heterocycles. The van der Waals surface area contributed by atoms with E-state index in [4.69, 9.17) is 10.8 Å². The summed E-state index contributed by atoms with van der Waals surface area (Å²) in [6.07, 6.45) is 0.267. The van der Waals surface area contributed by atoms with E-state index >= 15 is 0 Å². The van der Waals surface area contributed by atoms with Crippen LogP contribution in [0.2, 0.25) is 0 Å². The van der Waals surface area contributed by atoms with Gasteiger partial charge < -0.3 is 10.8 Å². The standard InChI is InChI=1S/C10H12FNO2.ClH/c11-9-3-1-2-7(5-9)4-8(6-12)10(13)14;/h1-3,5,8H,4,6,12H2,(H,13,14);1H/t8-;/m0./s1. The number of rotatable bonds is 4. The Morgan fingerprint density at radius 1 is 1.53 bits per heavy atom. The van der Waals surface area contributed by atoms with Gasteiger partial charge in [-0.05, 0) is 24.1 Å². The molecule has 3 N–H and O–H groups in total. The van der Waals surface area contributed by atoms with Gasteiger partial charge in [0, 0.05) is 6.54 Å². The number of halogens is 2. The van der Waals surface area contributed by atoms with Gasteiger partial charge in [0.1, 0.15) is 5.82 Å². The van der Waals surface area contributed by atoms with Crippen LogP contribution in [-0.2, 0) is 11.2 Å². The van der Waals surface area contributed by atoms with Crippen LogP contribution in [0.15, 0.2) is 24.3 Å². The van der Waals surface area contributed by atoms with Gasteiger partial charge in [-0.2, -0.15) is 0 Å². The summed E-state index contributed by atoms with van der Waals surface area (Å²) in [6.45, 7) is 0.0614. The molecule has 0 aliphatic heterocycles. The number of hydrogen-bond donors (Lipinski definition) is 2. The average Bonchev–Trinajstić information content (AvgIpc) is 2.14. The Balaban J connectivity index is 0.00000196. The second-order valence-electron chi connectivity index (χ2n) is 3.10. The van der Waals surface area contributed by atoms with Gasteiger partial charge in [-0.3, -0.25) is 4.79 Å². The van der Waals surface area contributed by atoms with Crippen molar-refractivity contribution in [1.29, 1.82) is 0 Å². The van der Waals surface area contributed by atoms with Crippen molar-refractivity contribution in [2.75, 3.05) is 6.54 Å². The van der Waals surface area contributed by atoms with E-state index in [1.54, 1.807) is 12.1 Å². The van der Waals surface area contributed by atoms with Crippen LogP contribution in [0.5, 0.6) is 0 Å². The molecule has 0 saturated carbocycles. The zero-order chi connectivity index (χ0) is 10.6. The van der Waals surface area contributed by atoms with Crippen molar-refractivity contribution in [3.63, 3.8) is 0 Å². The third kappa shape index (κ3) is 4.27. The summed E-state index contributed by atoms with van der Waals surface area (Å²) >= 11 is 0. The molecule has 1 atom stereocenters. The van der Waals surface area contributed by atoms with Crippen LogP contribution in [0.4, 0.5) is 4.39 Å². The minimum Gasteiger partial charge on any atom is -0.481 e. The largest absolute Gasteiger partial charge is 0.481 e. The van der Waals surface area contributed by atoms with E-state index in [1.807, 2.05) is 0 Å². The van der Waals surface area contributed by atoms with Crippen LogP contribution in [0.3, 0.4) is 0 Å². The Labute approximate surface area is 93.5 Å². The molecule has 0 amide bonds. The van der Waals surface area contributed by atoms with Gasteiger partial charge in [0.15, 0.2) is 0 Å². The molecule has 0 bridgehead atoms. The highest BCUT2D eigenvalue weighted by Crippen LogP contribution is 2.09. The zero-order valence-electron chi connectivity index (χ0n) is 8.02. The van der Waals surface area contributed by atoms with Crippen molar-refractivity contribution in [2.45, 2.75) is 6.42 Å². The highest BCUT2D eigenvalue weighted by atomic mass is 35.5. The zero-order valence-corrected chi connectivity index (χ0v) is 8.84. The summed E-state index contributed by atoms with van der Waals surface area (Å²) in [4.78, 5) is 10.6. The van der Waals surface area contributed by atoms with Gasteiger partial charge >= 0.3 is 5.97 Å². The molecule has 0 aliphatic carbocycles. The van der Waals surface area contributed by atoms with E-state index in [1.165, 1.54) is 12.1 Å². The molecule has 0 fully saturated rings. The second-order valence-corrected chi connectivity index (χ2v) is 3.10. The summed E-state index contributed by atoms with van der Waals surface area (Å²) < 4.78 is 12.7. The predicted octanol–water partition coefficient (Wildman–Crippen LogP) is 1.45. The normalized spacial score (nSPS) is 11.6. The van der Waals surface area contributed by atoms with Crippen molar-refractivity contribution >= 4 is 18.4 Å². The van der Waals surface area contributed by atoms with Crippen LogP contribution in [0.1, 0.15) is 5.56 Å². The first-order chi connectivity index (χ1) is 6.63. The molecule has 1 rings (SSSR count).